The number of nitrogens with two attached hydrogens (primary N) is 1. The number of nitrogens with zero attached hydrogens (tertiary/aromatic N) is 2. The summed E-state index contributed by atoms with van der Waals surface area (Å²) in [5.74, 6) is 0.655. The van der Waals surface area contributed by atoms with E-state index in [0.717, 1.165) is 13.1 Å². The largest absolute Gasteiger partial charge is 0.490 e. The van der Waals surface area contributed by atoms with Crippen LogP contribution in [0.15, 0.2) is 23.2 Å². The second-order valence-electron chi connectivity index (χ2n) is 4.40. The number of halogens is 2. The quantitative estimate of drug-likeness (QED) is 0.592. The van der Waals surface area contributed by atoms with Crippen LogP contribution >= 0.6 is 0 Å². The Morgan fingerprint density at radius 1 is 1.27 bits per heavy atom. The van der Waals surface area contributed by atoms with Crippen LogP contribution in [0.1, 0.15) is 26.3 Å². The number of ether oxygens (including phenoxy) is 2. The van der Waals surface area contributed by atoms with E-state index in [1.54, 1.807) is 25.1 Å². The fraction of sp³-hybridized carbons (Fsp3) is 0.533. The number of hydrogen-bond donors (Lipinski definition) is 1. The highest BCUT2D eigenvalue weighted by molar-refractivity contribution is 5.78. The minimum absolute atomic E-state index is 0.00967. The first-order chi connectivity index (χ1) is 10.5. The Kier molecular flexibility index (Phi) is 7.42. The molecule has 1 aromatic carbocycles. The Bertz CT molecular complexity index is 492. The van der Waals surface area contributed by atoms with Crippen molar-refractivity contribution in [3.63, 3.8) is 0 Å². The zero-order valence-electron chi connectivity index (χ0n) is 13.2. The minimum atomic E-state index is -2.93. The highest BCUT2D eigenvalue weighted by Crippen LogP contribution is 2.33. The van der Waals surface area contributed by atoms with Gasteiger partial charge in [0, 0.05) is 18.7 Å². The van der Waals surface area contributed by atoms with Gasteiger partial charge in [0.2, 0.25) is 0 Å². The molecule has 0 aromatic heterocycles. The van der Waals surface area contributed by atoms with Crippen LogP contribution in [0, 0.1) is 0 Å². The van der Waals surface area contributed by atoms with E-state index in [9.17, 15) is 8.78 Å². The molecule has 0 saturated carbocycles. The molecule has 0 unspecified atom stereocenters. The van der Waals surface area contributed by atoms with Gasteiger partial charge >= 0.3 is 6.61 Å². The first-order valence-corrected chi connectivity index (χ1v) is 7.27. The molecule has 1 aromatic rings. The zero-order valence-corrected chi connectivity index (χ0v) is 13.2. The van der Waals surface area contributed by atoms with Crippen molar-refractivity contribution in [2.24, 2.45) is 10.7 Å². The van der Waals surface area contributed by atoms with Gasteiger partial charge in [0.15, 0.2) is 17.5 Å². The van der Waals surface area contributed by atoms with Crippen molar-refractivity contribution < 1.29 is 18.3 Å². The third-order valence-electron chi connectivity index (χ3n) is 3.07. The molecule has 1 rings (SSSR count). The predicted octanol–water partition coefficient (Wildman–Crippen LogP) is 2.84. The lowest BCUT2D eigenvalue weighted by Crippen LogP contribution is -2.37. The lowest BCUT2D eigenvalue weighted by molar-refractivity contribution is -0.0520. The van der Waals surface area contributed by atoms with Crippen molar-refractivity contribution in [2.75, 3.05) is 19.7 Å². The molecule has 124 valence electrons. The van der Waals surface area contributed by atoms with Gasteiger partial charge in [0.05, 0.1) is 13.2 Å². The number of benzene rings is 1. The molecule has 0 aliphatic heterocycles. The van der Waals surface area contributed by atoms with Gasteiger partial charge in [-0.2, -0.15) is 8.78 Å². The maximum Gasteiger partial charge on any atom is 0.387 e. The summed E-state index contributed by atoms with van der Waals surface area (Å²) in [5, 5.41) is 0. The van der Waals surface area contributed by atoms with Crippen molar-refractivity contribution in [1.82, 2.24) is 4.90 Å². The zero-order chi connectivity index (χ0) is 16.5. The van der Waals surface area contributed by atoms with E-state index in [2.05, 4.69) is 9.73 Å². The monoisotopic (exact) mass is 315 g/mol. The topological polar surface area (TPSA) is 60.1 Å². The Morgan fingerprint density at radius 2 is 1.95 bits per heavy atom. The van der Waals surface area contributed by atoms with Gasteiger partial charge < -0.3 is 20.1 Å². The minimum Gasteiger partial charge on any atom is -0.490 e. The molecule has 0 fully saturated rings. The van der Waals surface area contributed by atoms with E-state index >= 15 is 0 Å². The highest BCUT2D eigenvalue weighted by atomic mass is 19.3. The molecule has 5 nitrogen and oxygen atoms in total. The molecule has 0 radical (unpaired) electrons. The average molecular weight is 315 g/mol. The van der Waals surface area contributed by atoms with E-state index in [0.29, 0.717) is 18.1 Å². The van der Waals surface area contributed by atoms with E-state index in [4.69, 9.17) is 10.5 Å². The van der Waals surface area contributed by atoms with E-state index in [1.807, 2.05) is 18.7 Å². The SMILES string of the molecule is CCOc1cccc(CN=C(N)N(CC)CC)c1OC(F)F. The summed E-state index contributed by atoms with van der Waals surface area (Å²) in [6.07, 6.45) is 0. The molecular formula is C15H23F2N3O2. The van der Waals surface area contributed by atoms with Crippen LogP contribution in [0.5, 0.6) is 11.5 Å². The molecule has 2 N–H and O–H groups in total. The normalized spacial score (nSPS) is 11.6. The standard InChI is InChI=1S/C15H23F2N3O2/c1-4-20(5-2)15(18)19-10-11-8-7-9-12(21-6-3)13(11)22-14(16)17/h7-9,14H,4-6,10H2,1-3H3,(H2,18,19). The number of hydrogen-bond acceptors (Lipinski definition) is 3. The molecule has 7 heteroatoms. The summed E-state index contributed by atoms with van der Waals surface area (Å²) >= 11 is 0. The predicted molar refractivity (Wildman–Crippen MR) is 82.5 cm³/mol. The molecule has 0 atom stereocenters. The third-order valence-corrected chi connectivity index (χ3v) is 3.07. The van der Waals surface area contributed by atoms with Crippen molar-refractivity contribution in [1.29, 1.82) is 0 Å². The molecule has 22 heavy (non-hydrogen) atoms. The number of alkyl halides is 2. The van der Waals surface area contributed by atoms with Gasteiger partial charge in [-0.05, 0) is 26.8 Å². The second-order valence-corrected chi connectivity index (χ2v) is 4.40. The molecule has 0 amide bonds. The van der Waals surface area contributed by atoms with Crippen LogP contribution in [0.3, 0.4) is 0 Å². The summed E-state index contributed by atoms with van der Waals surface area (Å²) in [4.78, 5) is 6.12. The molecule has 0 aliphatic carbocycles. The van der Waals surface area contributed by atoms with Crippen molar-refractivity contribution in [3.8, 4) is 11.5 Å². The van der Waals surface area contributed by atoms with Gasteiger partial charge in [-0.1, -0.05) is 12.1 Å². The van der Waals surface area contributed by atoms with E-state index in [1.165, 1.54) is 0 Å². The van der Waals surface area contributed by atoms with Crippen LogP contribution < -0.4 is 15.2 Å². The number of aliphatic imine (C=N–C) groups is 1. The number of guanidine groups is 1. The summed E-state index contributed by atoms with van der Waals surface area (Å²) in [5.41, 5.74) is 6.39. The fourth-order valence-corrected chi connectivity index (χ4v) is 1.99. The summed E-state index contributed by atoms with van der Waals surface area (Å²) in [7, 11) is 0. The smallest absolute Gasteiger partial charge is 0.387 e. The molecule has 0 saturated heterocycles. The van der Waals surface area contributed by atoms with Crippen LogP contribution in [-0.4, -0.2) is 37.2 Å². The van der Waals surface area contributed by atoms with E-state index < -0.39 is 6.61 Å². The molecular weight excluding hydrogens is 292 g/mol. The van der Waals surface area contributed by atoms with Crippen molar-refractivity contribution >= 4 is 5.96 Å². The maximum atomic E-state index is 12.6. The Labute approximate surface area is 129 Å². The van der Waals surface area contributed by atoms with Gasteiger partial charge in [-0.15, -0.1) is 0 Å². The summed E-state index contributed by atoms with van der Waals surface area (Å²) in [6, 6.07) is 4.96. The van der Waals surface area contributed by atoms with Gasteiger partial charge in [-0.25, -0.2) is 4.99 Å². The highest BCUT2D eigenvalue weighted by Gasteiger charge is 2.15. The second kappa shape index (κ2) is 9.07. The summed E-state index contributed by atoms with van der Waals surface area (Å²) in [6.45, 7) is 4.73. The third kappa shape index (κ3) is 5.05. The maximum absolute atomic E-state index is 12.6. The van der Waals surface area contributed by atoms with Crippen LogP contribution in [0.25, 0.3) is 0 Å². The van der Waals surface area contributed by atoms with Crippen LogP contribution in [0.4, 0.5) is 8.78 Å². The Balaban J connectivity index is 3.02. The summed E-state index contributed by atoms with van der Waals surface area (Å²) < 4.78 is 35.1. The Morgan fingerprint density at radius 3 is 2.50 bits per heavy atom. The van der Waals surface area contributed by atoms with Gasteiger partial charge in [0.1, 0.15) is 0 Å². The lowest BCUT2D eigenvalue weighted by Gasteiger charge is -2.19. The molecule has 0 aliphatic rings. The number of rotatable bonds is 8. The van der Waals surface area contributed by atoms with Gasteiger partial charge in [-0.3, -0.25) is 0 Å². The Hall–Kier alpha value is -2.05. The lowest BCUT2D eigenvalue weighted by atomic mass is 10.2. The first-order valence-electron chi connectivity index (χ1n) is 7.27. The average Bonchev–Trinajstić information content (AvgIpc) is 2.48. The molecule has 0 heterocycles. The van der Waals surface area contributed by atoms with Crippen LogP contribution in [0.2, 0.25) is 0 Å². The molecule has 0 bridgehead atoms. The fourth-order valence-electron chi connectivity index (χ4n) is 1.99. The first kappa shape index (κ1) is 18.0. The van der Waals surface area contributed by atoms with E-state index in [-0.39, 0.29) is 18.0 Å². The number of para-hydroxylation sites is 1. The van der Waals surface area contributed by atoms with Crippen molar-refractivity contribution in [2.45, 2.75) is 33.9 Å². The van der Waals surface area contributed by atoms with Gasteiger partial charge in [0.25, 0.3) is 0 Å². The van der Waals surface area contributed by atoms with Crippen LogP contribution in [-0.2, 0) is 6.54 Å². The molecule has 0 spiro atoms. The van der Waals surface area contributed by atoms with Crippen molar-refractivity contribution in [3.05, 3.63) is 23.8 Å².